The number of hydrogen-bond donors (Lipinski definition) is 0. The average molecular weight is 429 g/mol. The van der Waals surface area contributed by atoms with E-state index in [0.717, 1.165) is 34.9 Å². The quantitative estimate of drug-likeness (QED) is 0.379. The molecule has 1 saturated carbocycles. The third-order valence-corrected chi connectivity index (χ3v) is 5.88. The van der Waals surface area contributed by atoms with Gasteiger partial charge < -0.3 is 13.9 Å². The molecule has 1 fully saturated rings. The summed E-state index contributed by atoms with van der Waals surface area (Å²) in [6.45, 7) is 2.04. The Kier molecular flexibility index (Phi) is 5.31. The van der Waals surface area contributed by atoms with Crippen molar-refractivity contribution >= 4 is 16.9 Å². The summed E-state index contributed by atoms with van der Waals surface area (Å²) in [5.74, 6) is 1.03. The zero-order valence-electron chi connectivity index (χ0n) is 18.0. The van der Waals surface area contributed by atoms with Gasteiger partial charge in [0.05, 0.1) is 24.8 Å². The zero-order valence-corrected chi connectivity index (χ0v) is 18.0. The van der Waals surface area contributed by atoms with Crippen LogP contribution < -0.4 is 4.74 Å². The lowest BCUT2D eigenvalue weighted by Gasteiger charge is -2.27. The fourth-order valence-electron chi connectivity index (χ4n) is 4.06. The minimum absolute atomic E-state index is 0.214. The van der Waals surface area contributed by atoms with Gasteiger partial charge in [-0.25, -0.2) is 9.78 Å². The normalized spacial score (nSPS) is 13.7. The molecule has 4 aromatic rings. The van der Waals surface area contributed by atoms with Crippen molar-refractivity contribution in [1.29, 1.82) is 0 Å². The molecule has 2 aromatic heterocycles. The van der Waals surface area contributed by atoms with Crippen LogP contribution in [-0.4, -0.2) is 34.9 Å². The van der Waals surface area contributed by atoms with Gasteiger partial charge in [0.1, 0.15) is 5.56 Å². The second-order valence-corrected chi connectivity index (χ2v) is 7.77. The van der Waals surface area contributed by atoms with E-state index >= 15 is 0 Å². The van der Waals surface area contributed by atoms with Crippen molar-refractivity contribution in [2.45, 2.75) is 32.1 Å². The monoisotopic (exact) mass is 429 g/mol. The summed E-state index contributed by atoms with van der Waals surface area (Å²) in [5, 5.41) is 9.43. The summed E-state index contributed by atoms with van der Waals surface area (Å²) in [4.78, 5) is 17.1. The Hall–Kier alpha value is -3.74. The summed E-state index contributed by atoms with van der Waals surface area (Å²) in [7, 11) is 1.49. The van der Waals surface area contributed by atoms with Crippen LogP contribution in [0, 0.1) is 0 Å². The first-order chi connectivity index (χ1) is 15.7. The van der Waals surface area contributed by atoms with Crippen molar-refractivity contribution in [3.05, 3.63) is 59.7 Å². The number of aromatic nitrogens is 3. The minimum Gasteiger partial charge on any atom is -0.480 e. The van der Waals surface area contributed by atoms with E-state index in [0.29, 0.717) is 28.8 Å². The number of methoxy groups -OCH3 is 1. The summed E-state index contributed by atoms with van der Waals surface area (Å²) < 4.78 is 16.7. The molecule has 0 bridgehead atoms. The molecule has 0 spiro atoms. The number of carbonyl (C=O) groups is 1. The van der Waals surface area contributed by atoms with Crippen molar-refractivity contribution in [1.82, 2.24) is 15.2 Å². The molecule has 0 unspecified atom stereocenters. The van der Waals surface area contributed by atoms with E-state index in [-0.39, 0.29) is 12.5 Å². The van der Waals surface area contributed by atoms with Gasteiger partial charge >= 0.3 is 5.97 Å². The van der Waals surface area contributed by atoms with Crippen molar-refractivity contribution in [3.8, 4) is 28.8 Å². The van der Waals surface area contributed by atoms with E-state index in [9.17, 15) is 4.79 Å². The van der Waals surface area contributed by atoms with Crippen molar-refractivity contribution in [3.63, 3.8) is 0 Å². The molecule has 7 nitrogen and oxygen atoms in total. The molecule has 0 radical (unpaired) electrons. The first-order valence-electron chi connectivity index (χ1n) is 10.8. The van der Waals surface area contributed by atoms with Crippen LogP contribution >= 0.6 is 0 Å². The number of fused-ring (bicyclic) bond motifs is 1. The highest BCUT2D eigenvalue weighted by Crippen LogP contribution is 2.44. The van der Waals surface area contributed by atoms with Crippen LogP contribution in [0.25, 0.3) is 33.8 Å². The lowest BCUT2D eigenvalue weighted by molar-refractivity contribution is 0.0522. The Morgan fingerprint density at radius 3 is 2.56 bits per heavy atom. The lowest BCUT2D eigenvalue weighted by Crippen LogP contribution is -2.12. The highest BCUT2D eigenvalue weighted by atomic mass is 16.5. The molecule has 0 aliphatic heterocycles. The van der Waals surface area contributed by atoms with Crippen molar-refractivity contribution in [2.75, 3.05) is 13.7 Å². The molecule has 2 heterocycles. The third kappa shape index (κ3) is 3.49. The van der Waals surface area contributed by atoms with E-state index in [1.807, 2.05) is 36.4 Å². The van der Waals surface area contributed by atoms with E-state index < -0.39 is 5.97 Å². The lowest BCUT2D eigenvalue weighted by atomic mass is 9.77. The van der Waals surface area contributed by atoms with Gasteiger partial charge in [-0.2, -0.15) is 0 Å². The molecule has 7 heteroatoms. The second kappa shape index (κ2) is 8.42. The molecule has 0 N–H and O–H groups in total. The molecule has 0 amide bonds. The smallest absolute Gasteiger partial charge is 0.343 e. The number of pyridine rings is 1. The summed E-state index contributed by atoms with van der Waals surface area (Å²) in [6, 6.07) is 15.5. The van der Waals surface area contributed by atoms with Crippen molar-refractivity contribution < 1.29 is 18.7 Å². The highest BCUT2D eigenvalue weighted by Gasteiger charge is 2.28. The molecule has 0 atom stereocenters. The molecule has 162 valence electrons. The summed E-state index contributed by atoms with van der Waals surface area (Å²) in [5.41, 5.74) is 3.75. The van der Waals surface area contributed by atoms with Crippen LogP contribution in [0.4, 0.5) is 0 Å². The van der Waals surface area contributed by atoms with Gasteiger partial charge in [-0.3, -0.25) is 0 Å². The summed E-state index contributed by atoms with van der Waals surface area (Å²) in [6.07, 6.45) is 3.41. The van der Waals surface area contributed by atoms with Gasteiger partial charge in [0, 0.05) is 10.9 Å². The number of hydrogen-bond acceptors (Lipinski definition) is 7. The van der Waals surface area contributed by atoms with Gasteiger partial charge in [-0.1, -0.05) is 36.8 Å². The van der Waals surface area contributed by atoms with Crippen LogP contribution in [0.2, 0.25) is 0 Å². The molecule has 1 aliphatic rings. The van der Waals surface area contributed by atoms with Crippen molar-refractivity contribution in [2.24, 2.45) is 0 Å². The van der Waals surface area contributed by atoms with Gasteiger partial charge in [-0.05, 0) is 49.4 Å². The van der Waals surface area contributed by atoms with E-state index in [1.54, 1.807) is 13.0 Å². The molecule has 2 aromatic carbocycles. The predicted molar refractivity (Wildman–Crippen MR) is 120 cm³/mol. The highest BCUT2D eigenvalue weighted by molar-refractivity contribution is 6.00. The number of benzene rings is 2. The molecule has 1 aliphatic carbocycles. The third-order valence-electron chi connectivity index (χ3n) is 5.88. The minimum atomic E-state index is -0.465. The van der Waals surface area contributed by atoms with Crippen LogP contribution in [0.1, 0.15) is 48.0 Å². The van der Waals surface area contributed by atoms with Gasteiger partial charge in [0.25, 0.3) is 5.89 Å². The number of ether oxygens (including phenoxy) is 2. The summed E-state index contributed by atoms with van der Waals surface area (Å²) >= 11 is 0. The maximum Gasteiger partial charge on any atom is 0.343 e. The molecule has 32 heavy (non-hydrogen) atoms. The van der Waals surface area contributed by atoms with Gasteiger partial charge in [-0.15, -0.1) is 10.2 Å². The zero-order chi connectivity index (χ0) is 22.1. The Morgan fingerprint density at radius 2 is 1.88 bits per heavy atom. The number of rotatable bonds is 6. The van der Waals surface area contributed by atoms with E-state index in [2.05, 4.69) is 16.3 Å². The topological polar surface area (TPSA) is 87.3 Å². The second-order valence-electron chi connectivity index (χ2n) is 7.77. The van der Waals surface area contributed by atoms with Crippen LogP contribution in [-0.2, 0) is 4.74 Å². The van der Waals surface area contributed by atoms with Gasteiger partial charge in [0.15, 0.2) is 0 Å². The number of carbonyl (C=O) groups excluding carboxylic acids is 1. The Bertz CT molecular complexity index is 1280. The number of nitrogens with zero attached hydrogens (tertiary/aromatic N) is 3. The Labute approximate surface area is 185 Å². The molecular formula is C25H23N3O4. The molecule has 0 saturated heterocycles. The van der Waals surface area contributed by atoms with E-state index in [4.69, 9.17) is 18.9 Å². The first kappa shape index (κ1) is 20.2. The predicted octanol–water partition coefficient (Wildman–Crippen LogP) is 5.40. The first-order valence-corrected chi connectivity index (χ1v) is 10.8. The van der Waals surface area contributed by atoms with E-state index in [1.165, 1.54) is 13.5 Å². The fourth-order valence-corrected chi connectivity index (χ4v) is 4.06. The Morgan fingerprint density at radius 1 is 1.09 bits per heavy atom. The molecular weight excluding hydrogens is 406 g/mol. The standard InChI is InChI=1S/C25H23N3O4/c1-3-31-25(29)19-14-17-12-13-18(15-10-7-11-15)20(21(17)26-23(19)30-2)24-28-27-22(32-24)16-8-5-4-6-9-16/h4-6,8-9,12-15H,3,7,10-11H2,1-2H3. The van der Waals surface area contributed by atoms with Crippen LogP contribution in [0.15, 0.2) is 52.9 Å². The fraction of sp³-hybridized carbons (Fsp3) is 0.280. The average Bonchev–Trinajstić information content (AvgIpc) is 3.27. The maximum atomic E-state index is 12.4. The maximum absolute atomic E-state index is 12.4. The van der Waals surface area contributed by atoms with Crippen LogP contribution in [0.3, 0.4) is 0 Å². The molecule has 5 rings (SSSR count). The Balaban J connectivity index is 1.70. The SMILES string of the molecule is CCOC(=O)c1cc2ccc(C3CCC3)c(-c3nnc(-c4ccccc4)o3)c2nc1OC. The largest absolute Gasteiger partial charge is 0.480 e. The van der Waals surface area contributed by atoms with Gasteiger partial charge in [0.2, 0.25) is 11.8 Å². The number of esters is 1. The van der Waals surface area contributed by atoms with Crippen LogP contribution in [0.5, 0.6) is 5.88 Å².